The predicted octanol–water partition coefficient (Wildman–Crippen LogP) is 2.48. The number of ether oxygens (including phenoxy) is 2. The van der Waals surface area contributed by atoms with E-state index in [0.717, 1.165) is 23.0 Å². The van der Waals surface area contributed by atoms with Crippen LogP contribution < -0.4 is 18.4 Å². The third-order valence-corrected chi connectivity index (χ3v) is 19.4. The van der Waals surface area contributed by atoms with Crippen LogP contribution >= 0.6 is 0 Å². The van der Waals surface area contributed by atoms with Crippen molar-refractivity contribution in [2.75, 3.05) is 0 Å². The van der Waals surface area contributed by atoms with Gasteiger partial charge in [-0.25, -0.2) is 0 Å². The molecule has 0 radical (unpaired) electrons. The maximum atomic E-state index is 6.11. The molecule has 0 amide bonds. The van der Waals surface area contributed by atoms with Gasteiger partial charge in [-0.3, -0.25) is 0 Å². The molecule has 1 aliphatic rings. The molecule has 0 aromatic heterocycles. The first kappa shape index (κ1) is 15.4. The van der Waals surface area contributed by atoms with Crippen molar-refractivity contribution in [1.82, 2.24) is 0 Å². The summed E-state index contributed by atoms with van der Waals surface area (Å²) in [6, 6.07) is 24.1. The first-order chi connectivity index (χ1) is 11.4. The van der Waals surface area contributed by atoms with Gasteiger partial charge in [-0.2, -0.15) is 0 Å². The summed E-state index contributed by atoms with van der Waals surface area (Å²) < 4.78 is 15.0. The summed E-state index contributed by atoms with van der Waals surface area (Å²) in [5.41, 5.74) is 0. The van der Waals surface area contributed by atoms with Crippen LogP contribution in [0, 0.1) is 0 Å². The third kappa shape index (κ3) is 3.51. The molecule has 23 heavy (non-hydrogen) atoms. The molecule has 0 unspecified atom stereocenters. The van der Waals surface area contributed by atoms with Gasteiger partial charge in [-0.05, 0) is 0 Å². The van der Waals surface area contributed by atoms with Crippen LogP contribution in [0.4, 0.5) is 0 Å². The van der Waals surface area contributed by atoms with Crippen LogP contribution in [-0.2, 0) is 0 Å². The van der Waals surface area contributed by atoms with E-state index in [1.54, 1.807) is 0 Å². The molecular weight excluding hydrogens is 485 g/mol. The van der Waals surface area contributed by atoms with E-state index in [0.29, 0.717) is 37.6 Å². The minimum atomic E-state index is 0.544. The van der Waals surface area contributed by atoms with Crippen molar-refractivity contribution in [3.8, 4) is 23.0 Å². The van der Waals surface area contributed by atoms with Gasteiger partial charge in [0.25, 0.3) is 0 Å². The van der Waals surface area contributed by atoms with Crippen molar-refractivity contribution < 1.29 is 9.47 Å². The molecule has 1 heterocycles. The Balaban J connectivity index is 1.65. The number of hydrogen-bond donors (Lipinski definition) is 0. The van der Waals surface area contributed by atoms with Gasteiger partial charge in [0.15, 0.2) is 0 Å². The molecular formula is C18H12O2Se3. The second kappa shape index (κ2) is 7.15. The molecule has 0 saturated carbocycles. The molecule has 3 aromatic carbocycles. The third-order valence-electron chi connectivity index (χ3n) is 3.22. The van der Waals surface area contributed by atoms with Crippen LogP contribution in [0.1, 0.15) is 0 Å². The fourth-order valence-corrected chi connectivity index (χ4v) is 22.8. The molecule has 1 aliphatic heterocycles. The van der Waals surface area contributed by atoms with E-state index in [4.69, 9.17) is 9.47 Å². The molecule has 2 nitrogen and oxygen atoms in total. The zero-order chi connectivity index (χ0) is 15.5. The molecule has 0 atom stereocenters. The molecule has 0 spiro atoms. The van der Waals surface area contributed by atoms with Crippen LogP contribution in [0.15, 0.2) is 72.8 Å². The van der Waals surface area contributed by atoms with Gasteiger partial charge in [0.2, 0.25) is 0 Å². The van der Waals surface area contributed by atoms with Gasteiger partial charge in [-0.15, -0.1) is 0 Å². The first-order valence-corrected chi connectivity index (χ1v) is 17.4. The van der Waals surface area contributed by atoms with Crippen molar-refractivity contribution >= 4 is 46.5 Å². The Kier molecular flexibility index (Phi) is 4.77. The molecule has 114 valence electrons. The van der Waals surface area contributed by atoms with E-state index >= 15 is 0 Å². The predicted molar refractivity (Wildman–Crippen MR) is 96.0 cm³/mol. The molecule has 0 saturated heterocycles. The maximum absolute atomic E-state index is 6.11. The molecule has 4 rings (SSSR count). The summed E-state index contributed by atoms with van der Waals surface area (Å²) in [4.78, 5) is 0. The monoisotopic (exact) mass is 500 g/mol. The van der Waals surface area contributed by atoms with Crippen LogP contribution in [-0.4, -0.2) is 37.6 Å². The Labute approximate surface area is 151 Å². The van der Waals surface area contributed by atoms with Crippen LogP contribution in [0.5, 0.6) is 23.0 Å². The number of hydrogen-bond acceptors (Lipinski definition) is 2. The molecule has 0 N–H and O–H groups in total. The molecule has 3 aromatic rings. The minimum absolute atomic E-state index is 0.544. The standard InChI is InChI=1S/C18H12O2Se3/c1-3-7-13(8-4-1)19-15-11-12-16(18-17(15)21-23-22-18)20-14-9-5-2-6-10-14/h1-12H. The van der Waals surface area contributed by atoms with Gasteiger partial charge >= 0.3 is 152 Å². The first-order valence-electron chi connectivity index (χ1n) is 7.04. The average molecular weight is 497 g/mol. The van der Waals surface area contributed by atoms with Crippen LogP contribution in [0.25, 0.3) is 0 Å². The van der Waals surface area contributed by atoms with Gasteiger partial charge in [-0.1, -0.05) is 0 Å². The van der Waals surface area contributed by atoms with Crippen molar-refractivity contribution in [2.24, 2.45) is 0 Å². The second-order valence-corrected chi connectivity index (χ2v) is 20.3. The van der Waals surface area contributed by atoms with E-state index in [-0.39, 0.29) is 0 Å². The van der Waals surface area contributed by atoms with Crippen molar-refractivity contribution in [2.45, 2.75) is 0 Å². The van der Waals surface area contributed by atoms with Gasteiger partial charge in [0.1, 0.15) is 0 Å². The van der Waals surface area contributed by atoms with E-state index in [1.165, 1.54) is 8.92 Å². The number of fused-ring (bicyclic) bond motifs is 1. The summed E-state index contributed by atoms with van der Waals surface area (Å²) in [6.07, 6.45) is 0. The average Bonchev–Trinajstić information content (AvgIpc) is 3.09. The number of para-hydroxylation sites is 2. The number of rotatable bonds is 4. The quantitative estimate of drug-likeness (QED) is 0.517. The number of benzene rings is 3. The van der Waals surface area contributed by atoms with Crippen molar-refractivity contribution in [1.29, 1.82) is 0 Å². The van der Waals surface area contributed by atoms with Gasteiger partial charge < -0.3 is 0 Å². The van der Waals surface area contributed by atoms with Crippen LogP contribution in [0.2, 0.25) is 0 Å². The topological polar surface area (TPSA) is 18.5 Å². The summed E-state index contributed by atoms with van der Waals surface area (Å²) in [5, 5.41) is 0. The summed E-state index contributed by atoms with van der Waals surface area (Å²) >= 11 is 1.80. The van der Waals surface area contributed by atoms with Gasteiger partial charge in [0, 0.05) is 0 Å². The van der Waals surface area contributed by atoms with E-state index in [9.17, 15) is 0 Å². The zero-order valence-electron chi connectivity index (χ0n) is 12.0. The summed E-state index contributed by atoms with van der Waals surface area (Å²) in [6.45, 7) is 0. The van der Waals surface area contributed by atoms with E-state index < -0.39 is 0 Å². The Hall–Kier alpha value is -1.18. The fraction of sp³-hybridized carbons (Fsp3) is 0. The molecule has 0 fully saturated rings. The summed E-state index contributed by atoms with van der Waals surface area (Å²) in [7, 11) is 0. The zero-order valence-corrected chi connectivity index (χ0v) is 17.1. The Morgan fingerprint density at radius 3 is 1.39 bits per heavy atom. The van der Waals surface area contributed by atoms with Crippen molar-refractivity contribution in [3.05, 3.63) is 72.8 Å². The van der Waals surface area contributed by atoms with Gasteiger partial charge in [0.05, 0.1) is 0 Å². The van der Waals surface area contributed by atoms with E-state index in [1.807, 2.05) is 60.7 Å². The Bertz CT molecular complexity index is 739. The Morgan fingerprint density at radius 1 is 0.522 bits per heavy atom. The summed E-state index contributed by atoms with van der Waals surface area (Å²) in [5.74, 6) is 3.81. The molecule has 0 aliphatic carbocycles. The van der Waals surface area contributed by atoms with E-state index in [2.05, 4.69) is 12.1 Å². The van der Waals surface area contributed by atoms with Crippen LogP contribution in [0.3, 0.4) is 0 Å². The fourth-order valence-electron chi connectivity index (χ4n) is 2.16. The second-order valence-electron chi connectivity index (χ2n) is 4.79. The molecule has 0 bridgehead atoms. The molecule has 5 heteroatoms. The normalized spacial score (nSPS) is 12.7. The SMILES string of the molecule is c1ccc(Oc2ccc(Oc3ccccc3)c3c2[Se][Se][Se]3)cc1. The van der Waals surface area contributed by atoms with Crippen molar-refractivity contribution in [3.63, 3.8) is 0 Å². The Morgan fingerprint density at radius 2 is 0.957 bits per heavy atom.